The summed E-state index contributed by atoms with van der Waals surface area (Å²) < 4.78 is 0. The van der Waals surface area contributed by atoms with E-state index in [0.717, 1.165) is 30.9 Å². The predicted molar refractivity (Wildman–Crippen MR) is 70.1 cm³/mol. The maximum atomic E-state index is 4.78. The van der Waals surface area contributed by atoms with Crippen LogP contribution in [0.5, 0.6) is 0 Å². The van der Waals surface area contributed by atoms with Crippen LogP contribution in [0.4, 0.5) is 0 Å². The third kappa shape index (κ3) is 1.98. The summed E-state index contributed by atoms with van der Waals surface area (Å²) >= 11 is 1.82. The molecular formula is C13H15N3S. The normalized spacial score (nSPS) is 14.6. The second kappa shape index (κ2) is 4.55. The fourth-order valence-corrected chi connectivity index (χ4v) is 3.30. The fourth-order valence-electron chi connectivity index (χ4n) is 2.16. The van der Waals surface area contributed by atoms with Crippen molar-refractivity contribution in [1.82, 2.24) is 15.3 Å². The van der Waals surface area contributed by atoms with Crippen LogP contribution >= 0.6 is 11.3 Å². The first-order valence-electron chi connectivity index (χ1n) is 6.01. The maximum Gasteiger partial charge on any atom is 0.124 e. The molecule has 2 aromatic rings. The van der Waals surface area contributed by atoms with E-state index in [-0.39, 0.29) is 0 Å². The van der Waals surface area contributed by atoms with E-state index < -0.39 is 0 Å². The van der Waals surface area contributed by atoms with Crippen molar-refractivity contribution < 1.29 is 0 Å². The third-order valence-electron chi connectivity index (χ3n) is 3.12. The Balaban J connectivity index is 2.06. The molecule has 0 saturated heterocycles. The monoisotopic (exact) mass is 245 g/mol. The SMILES string of the molecule is CCc1cnccc1-c1nc2c(s1)CNCC2. The third-order valence-corrected chi connectivity index (χ3v) is 4.25. The molecule has 4 heteroatoms. The molecular weight excluding hydrogens is 230 g/mol. The van der Waals surface area contributed by atoms with Crippen LogP contribution in [0.25, 0.3) is 10.6 Å². The molecule has 0 unspecified atom stereocenters. The summed E-state index contributed by atoms with van der Waals surface area (Å²) in [6, 6.07) is 2.08. The molecule has 17 heavy (non-hydrogen) atoms. The highest BCUT2D eigenvalue weighted by molar-refractivity contribution is 7.15. The lowest BCUT2D eigenvalue weighted by Crippen LogP contribution is -2.22. The zero-order valence-electron chi connectivity index (χ0n) is 9.86. The van der Waals surface area contributed by atoms with Crippen LogP contribution in [0, 0.1) is 0 Å². The molecule has 0 bridgehead atoms. The lowest BCUT2D eigenvalue weighted by atomic mass is 10.1. The van der Waals surface area contributed by atoms with Gasteiger partial charge in [-0.2, -0.15) is 0 Å². The number of aryl methyl sites for hydroxylation is 1. The molecule has 3 nitrogen and oxygen atoms in total. The van der Waals surface area contributed by atoms with Gasteiger partial charge in [-0.25, -0.2) is 4.98 Å². The van der Waals surface area contributed by atoms with Crippen LogP contribution in [0.15, 0.2) is 18.5 Å². The molecule has 1 aliphatic heterocycles. The van der Waals surface area contributed by atoms with Crippen LogP contribution in [-0.4, -0.2) is 16.5 Å². The van der Waals surface area contributed by atoms with Gasteiger partial charge in [0.1, 0.15) is 5.01 Å². The zero-order valence-corrected chi connectivity index (χ0v) is 10.7. The number of thiazole rings is 1. The lowest BCUT2D eigenvalue weighted by molar-refractivity contribution is 0.644. The Labute approximate surface area is 105 Å². The van der Waals surface area contributed by atoms with E-state index >= 15 is 0 Å². The summed E-state index contributed by atoms with van der Waals surface area (Å²) in [5.41, 5.74) is 3.82. The molecule has 1 aliphatic rings. The predicted octanol–water partition coefficient (Wildman–Crippen LogP) is 2.41. The molecule has 0 fully saturated rings. The van der Waals surface area contributed by atoms with Gasteiger partial charge in [0.25, 0.3) is 0 Å². The molecule has 2 aromatic heterocycles. The van der Waals surface area contributed by atoms with Gasteiger partial charge in [-0.1, -0.05) is 6.92 Å². The largest absolute Gasteiger partial charge is 0.311 e. The molecule has 1 N–H and O–H groups in total. The van der Waals surface area contributed by atoms with Crippen LogP contribution in [0.1, 0.15) is 23.1 Å². The minimum absolute atomic E-state index is 0.972. The maximum absolute atomic E-state index is 4.78. The first-order chi connectivity index (χ1) is 8.38. The van der Waals surface area contributed by atoms with Gasteiger partial charge in [0.05, 0.1) is 5.69 Å². The molecule has 0 atom stereocenters. The topological polar surface area (TPSA) is 37.8 Å². The Hall–Kier alpha value is -1.26. The van der Waals surface area contributed by atoms with Crippen molar-refractivity contribution in [3.63, 3.8) is 0 Å². The van der Waals surface area contributed by atoms with Gasteiger partial charge >= 0.3 is 0 Å². The molecule has 0 radical (unpaired) electrons. The Bertz CT molecular complexity index is 510. The van der Waals surface area contributed by atoms with Crippen molar-refractivity contribution in [2.75, 3.05) is 6.54 Å². The number of nitrogens with one attached hydrogen (secondary N) is 1. The first-order valence-corrected chi connectivity index (χ1v) is 6.82. The molecule has 88 valence electrons. The summed E-state index contributed by atoms with van der Waals surface area (Å²) in [5.74, 6) is 0. The van der Waals surface area contributed by atoms with E-state index in [4.69, 9.17) is 4.98 Å². The molecule has 3 rings (SSSR count). The minimum Gasteiger partial charge on any atom is -0.311 e. The van der Waals surface area contributed by atoms with Crippen molar-refractivity contribution in [2.45, 2.75) is 26.3 Å². The number of aromatic nitrogens is 2. The van der Waals surface area contributed by atoms with Crippen LogP contribution < -0.4 is 5.32 Å². The summed E-state index contributed by atoms with van der Waals surface area (Å²) in [6.45, 7) is 4.18. The highest BCUT2D eigenvalue weighted by Gasteiger charge is 2.16. The number of hydrogen-bond acceptors (Lipinski definition) is 4. The number of fused-ring (bicyclic) bond motifs is 1. The number of pyridine rings is 1. The molecule has 0 aliphatic carbocycles. The Kier molecular flexibility index (Phi) is 2.91. The Morgan fingerprint density at radius 3 is 3.24 bits per heavy atom. The standard InChI is InChI=1S/C13H15N3S/c1-2-9-7-14-5-3-10(9)13-16-11-4-6-15-8-12(11)17-13/h3,5,7,15H,2,4,6,8H2,1H3. The summed E-state index contributed by atoms with van der Waals surface area (Å²) in [5, 5.41) is 4.54. The van der Waals surface area contributed by atoms with E-state index in [2.05, 4.69) is 23.3 Å². The summed E-state index contributed by atoms with van der Waals surface area (Å²) in [7, 11) is 0. The van der Waals surface area contributed by atoms with Gasteiger partial charge in [-0.05, 0) is 18.1 Å². The average molecular weight is 245 g/mol. The smallest absolute Gasteiger partial charge is 0.124 e. The van der Waals surface area contributed by atoms with Crippen LogP contribution in [0.2, 0.25) is 0 Å². The van der Waals surface area contributed by atoms with E-state index in [1.54, 1.807) is 0 Å². The van der Waals surface area contributed by atoms with Gasteiger partial charge in [0.2, 0.25) is 0 Å². The molecule has 0 amide bonds. The van der Waals surface area contributed by atoms with Crippen LogP contribution in [0.3, 0.4) is 0 Å². The van der Waals surface area contributed by atoms with Gasteiger partial charge in [-0.3, -0.25) is 4.98 Å². The highest BCUT2D eigenvalue weighted by Crippen LogP contribution is 2.31. The van der Waals surface area contributed by atoms with Crippen molar-refractivity contribution in [1.29, 1.82) is 0 Å². The van der Waals surface area contributed by atoms with E-state index in [1.165, 1.54) is 21.7 Å². The van der Waals surface area contributed by atoms with Gasteiger partial charge in [0, 0.05) is 42.3 Å². The van der Waals surface area contributed by atoms with Gasteiger partial charge in [-0.15, -0.1) is 11.3 Å². The average Bonchev–Trinajstić information content (AvgIpc) is 2.82. The van der Waals surface area contributed by atoms with E-state index in [0.29, 0.717) is 0 Å². The number of rotatable bonds is 2. The van der Waals surface area contributed by atoms with E-state index in [9.17, 15) is 0 Å². The number of nitrogens with zero attached hydrogens (tertiary/aromatic N) is 2. The molecule has 3 heterocycles. The van der Waals surface area contributed by atoms with Gasteiger partial charge in [0.15, 0.2) is 0 Å². The van der Waals surface area contributed by atoms with Crippen molar-refractivity contribution in [2.24, 2.45) is 0 Å². The summed E-state index contributed by atoms with van der Waals surface area (Å²) in [4.78, 5) is 10.4. The van der Waals surface area contributed by atoms with Crippen molar-refractivity contribution in [3.8, 4) is 10.6 Å². The van der Waals surface area contributed by atoms with E-state index in [1.807, 2.05) is 23.7 Å². The summed E-state index contributed by atoms with van der Waals surface area (Å²) in [6.07, 6.45) is 5.87. The lowest BCUT2D eigenvalue weighted by Gasteiger charge is -2.09. The first kappa shape index (κ1) is 10.9. The second-order valence-corrected chi connectivity index (χ2v) is 5.29. The van der Waals surface area contributed by atoms with Crippen molar-refractivity contribution >= 4 is 11.3 Å². The zero-order chi connectivity index (χ0) is 11.7. The molecule has 0 saturated carbocycles. The Morgan fingerprint density at radius 2 is 2.41 bits per heavy atom. The van der Waals surface area contributed by atoms with Crippen molar-refractivity contribution in [3.05, 3.63) is 34.6 Å². The molecule has 0 aromatic carbocycles. The number of hydrogen-bond donors (Lipinski definition) is 1. The Morgan fingerprint density at radius 1 is 1.47 bits per heavy atom. The second-order valence-electron chi connectivity index (χ2n) is 4.20. The molecule has 0 spiro atoms. The minimum atomic E-state index is 0.972. The quantitative estimate of drug-likeness (QED) is 0.883. The highest BCUT2D eigenvalue weighted by atomic mass is 32.1. The van der Waals surface area contributed by atoms with Gasteiger partial charge < -0.3 is 5.32 Å². The fraction of sp³-hybridized carbons (Fsp3) is 0.385. The van der Waals surface area contributed by atoms with Crippen LogP contribution in [-0.2, 0) is 19.4 Å².